The summed E-state index contributed by atoms with van der Waals surface area (Å²) in [5.74, 6) is 0.230. The Morgan fingerprint density at radius 1 is 1.50 bits per heavy atom. The lowest BCUT2D eigenvalue weighted by molar-refractivity contribution is -0.131. The quantitative estimate of drug-likeness (QED) is 0.851. The first-order chi connectivity index (χ1) is 8.75. The maximum Gasteiger partial charge on any atom is 0.236 e. The first-order valence-corrected chi connectivity index (χ1v) is 7.33. The third kappa shape index (κ3) is 4.08. The summed E-state index contributed by atoms with van der Waals surface area (Å²) in [4.78, 5) is 17.5. The van der Waals surface area contributed by atoms with Gasteiger partial charge < -0.3 is 10.2 Å². The van der Waals surface area contributed by atoms with Gasteiger partial charge in [0.15, 0.2) is 0 Å². The molecule has 4 nitrogen and oxygen atoms in total. The largest absolute Gasteiger partial charge is 0.344 e. The number of hydrogen-bond acceptors (Lipinski definition) is 4. The molecule has 1 fully saturated rings. The van der Waals surface area contributed by atoms with Crippen LogP contribution in [0.4, 0.5) is 0 Å². The summed E-state index contributed by atoms with van der Waals surface area (Å²) in [7, 11) is 1.90. The molecule has 5 heteroatoms. The zero-order valence-corrected chi connectivity index (χ0v) is 11.7. The first kappa shape index (κ1) is 13.5. The average molecular weight is 267 g/mol. The van der Waals surface area contributed by atoms with Crippen LogP contribution in [0.5, 0.6) is 0 Å². The summed E-state index contributed by atoms with van der Waals surface area (Å²) in [6.45, 7) is 5.31. The van der Waals surface area contributed by atoms with Crippen molar-refractivity contribution in [1.29, 1.82) is 0 Å². The molecule has 1 aromatic rings. The average Bonchev–Trinajstić information content (AvgIpc) is 2.90. The molecule has 0 unspecified atom stereocenters. The Morgan fingerprint density at radius 3 is 2.94 bits per heavy atom. The standard InChI is InChI=1S/C13H21N3OS/c1-15(7-4-12-3-2-10-18-12)13(17)11-16-8-5-14-6-9-16/h2-3,10,14H,4-9,11H2,1H3. The smallest absolute Gasteiger partial charge is 0.236 e. The minimum Gasteiger partial charge on any atom is -0.344 e. The molecular formula is C13H21N3OS. The fourth-order valence-corrected chi connectivity index (χ4v) is 2.74. The molecule has 1 aromatic heterocycles. The summed E-state index contributed by atoms with van der Waals surface area (Å²) in [5.41, 5.74) is 0. The van der Waals surface area contributed by atoms with E-state index < -0.39 is 0 Å². The molecule has 1 aliphatic rings. The van der Waals surface area contributed by atoms with E-state index in [-0.39, 0.29) is 5.91 Å². The SMILES string of the molecule is CN(CCc1cccs1)C(=O)CN1CCNCC1. The van der Waals surface area contributed by atoms with E-state index >= 15 is 0 Å². The van der Waals surface area contributed by atoms with Gasteiger partial charge in [-0.25, -0.2) is 0 Å². The van der Waals surface area contributed by atoms with Crippen LogP contribution >= 0.6 is 11.3 Å². The Kier molecular flexibility index (Phi) is 5.16. The van der Waals surface area contributed by atoms with E-state index in [1.807, 2.05) is 11.9 Å². The predicted octanol–water partition coefficient (Wildman–Crippen LogP) is 0.654. The number of nitrogens with zero attached hydrogens (tertiary/aromatic N) is 2. The van der Waals surface area contributed by atoms with Gasteiger partial charge in [0.2, 0.25) is 5.91 Å². The van der Waals surface area contributed by atoms with Crippen molar-refractivity contribution in [3.63, 3.8) is 0 Å². The van der Waals surface area contributed by atoms with E-state index in [1.165, 1.54) is 4.88 Å². The van der Waals surface area contributed by atoms with E-state index in [9.17, 15) is 4.79 Å². The third-order valence-electron chi connectivity index (χ3n) is 3.27. The van der Waals surface area contributed by atoms with Gasteiger partial charge in [-0.3, -0.25) is 9.69 Å². The Balaban J connectivity index is 1.70. The molecule has 0 aromatic carbocycles. The fourth-order valence-electron chi connectivity index (χ4n) is 2.04. The molecule has 0 atom stereocenters. The van der Waals surface area contributed by atoms with Crippen molar-refractivity contribution in [3.05, 3.63) is 22.4 Å². The molecule has 0 spiro atoms. The summed E-state index contributed by atoms with van der Waals surface area (Å²) in [6.07, 6.45) is 0.960. The maximum absolute atomic E-state index is 12.0. The second-order valence-electron chi connectivity index (χ2n) is 4.67. The molecule has 1 saturated heterocycles. The van der Waals surface area contributed by atoms with Crippen molar-refractivity contribution in [2.75, 3.05) is 46.3 Å². The van der Waals surface area contributed by atoms with E-state index in [0.29, 0.717) is 6.54 Å². The summed E-state index contributed by atoms with van der Waals surface area (Å²) in [6, 6.07) is 4.18. The van der Waals surface area contributed by atoms with Crippen LogP contribution in [-0.2, 0) is 11.2 Å². The van der Waals surface area contributed by atoms with Crippen molar-refractivity contribution in [3.8, 4) is 0 Å². The van der Waals surface area contributed by atoms with Crippen LogP contribution in [0.3, 0.4) is 0 Å². The summed E-state index contributed by atoms with van der Waals surface area (Å²) in [5, 5.41) is 5.38. The summed E-state index contributed by atoms with van der Waals surface area (Å²) < 4.78 is 0. The molecule has 0 saturated carbocycles. The van der Waals surface area contributed by atoms with Crippen LogP contribution in [0.2, 0.25) is 0 Å². The van der Waals surface area contributed by atoms with Gasteiger partial charge in [-0.15, -0.1) is 11.3 Å². The van der Waals surface area contributed by atoms with Crippen molar-refractivity contribution in [1.82, 2.24) is 15.1 Å². The number of carbonyl (C=O) groups excluding carboxylic acids is 1. The van der Waals surface area contributed by atoms with Crippen molar-refractivity contribution in [2.24, 2.45) is 0 Å². The van der Waals surface area contributed by atoms with Crippen LogP contribution in [0, 0.1) is 0 Å². The van der Waals surface area contributed by atoms with Gasteiger partial charge in [0.1, 0.15) is 0 Å². The number of thiophene rings is 1. The fraction of sp³-hybridized carbons (Fsp3) is 0.615. The lowest BCUT2D eigenvalue weighted by atomic mass is 10.3. The molecule has 1 aliphatic heterocycles. The number of piperazine rings is 1. The number of carbonyl (C=O) groups is 1. The van der Waals surface area contributed by atoms with Crippen LogP contribution in [0.15, 0.2) is 17.5 Å². The Hall–Kier alpha value is -0.910. The number of nitrogens with one attached hydrogen (secondary N) is 1. The van der Waals surface area contributed by atoms with Crippen molar-refractivity contribution in [2.45, 2.75) is 6.42 Å². The van der Waals surface area contributed by atoms with Crippen molar-refractivity contribution < 1.29 is 4.79 Å². The molecular weight excluding hydrogens is 246 g/mol. The highest BCUT2D eigenvalue weighted by Crippen LogP contribution is 2.09. The minimum atomic E-state index is 0.230. The zero-order chi connectivity index (χ0) is 12.8. The van der Waals surface area contributed by atoms with E-state index in [0.717, 1.165) is 39.1 Å². The summed E-state index contributed by atoms with van der Waals surface area (Å²) >= 11 is 1.76. The van der Waals surface area contributed by atoms with Crippen LogP contribution < -0.4 is 5.32 Å². The van der Waals surface area contributed by atoms with Crippen LogP contribution in [-0.4, -0.2) is 62.0 Å². The second-order valence-corrected chi connectivity index (χ2v) is 5.70. The Bertz CT molecular complexity index is 360. The molecule has 0 bridgehead atoms. The van der Waals surface area contributed by atoms with E-state index in [4.69, 9.17) is 0 Å². The molecule has 2 heterocycles. The van der Waals surface area contributed by atoms with Crippen molar-refractivity contribution >= 4 is 17.2 Å². The Labute approximate surface area is 113 Å². The topological polar surface area (TPSA) is 35.6 Å². The van der Waals surface area contributed by atoms with Gasteiger partial charge in [-0.2, -0.15) is 0 Å². The highest BCUT2D eigenvalue weighted by Gasteiger charge is 2.16. The number of likely N-dealkylation sites (N-methyl/N-ethyl adjacent to an activating group) is 1. The van der Waals surface area contributed by atoms with Gasteiger partial charge in [0.25, 0.3) is 0 Å². The third-order valence-corrected chi connectivity index (χ3v) is 4.20. The Morgan fingerprint density at radius 2 is 2.28 bits per heavy atom. The van der Waals surface area contributed by atoms with E-state index in [2.05, 4.69) is 27.7 Å². The minimum absolute atomic E-state index is 0.230. The van der Waals surface area contributed by atoms with Gasteiger partial charge in [-0.1, -0.05) is 6.07 Å². The number of rotatable bonds is 5. The molecule has 1 amide bonds. The molecule has 0 aliphatic carbocycles. The predicted molar refractivity (Wildman–Crippen MR) is 75.0 cm³/mol. The molecule has 18 heavy (non-hydrogen) atoms. The molecule has 1 N–H and O–H groups in total. The monoisotopic (exact) mass is 267 g/mol. The molecule has 2 rings (SSSR count). The highest BCUT2D eigenvalue weighted by molar-refractivity contribution is 7.09. The molecule has 0 radical (unpaired) electrons. The highest BCUT2D eigenvalue weighted by atomic mass is 32.1. The first-order valence-electron chi connectivity index (χ1n) is 6.45. The van der Waals surface area contributed by atoms with Gasteiger partial charge in [-0.05, 0) is 17.9 Å². The molecule has 100 valence electrons. The van der Waals surface area contributed by atoms with Crippen LogP contribution in [0.25, 0.3) is 0 Å². The number of hydrogen-bond donors (Lipinski definition) is 1. The van der Waals surface area contributed by atoms with Gasteiger partial charge in [0, 0.05) is 44.6 Å². The maximum atomic E-state index is 12.0. The van der Waals surface area contributed by atoms with Gasteiger partial charge >= 0.3 is 0 Å². The van der Waals surface area contributed by atoms with Crippen LogP contribution in [0.1, 0.15) is 4.88 Å². The lowest BCUT2D eigenvalue weighted by Gasteiger charge is -2.28. The van der Waals surface area contributed by atoms with Gasteiger partial charge in [0.05, 0.1) is 6.54 Å². The lowest BCUT2D eigenvalue weighted by Crippen LogP contribution is -2.48. The number of amides is 1. The zero-order valence-electron chi connectivity index (χ0n) is 10.9. The van der Waals surface area contributed by atoms with E-state index in [1.54, 1.807) is 11.3 Å². The normalized spacial score (nSPS) is 16.7. The second kappa shape index (κ2) is 6.87.